The summed E-state index contributed by atoms with van der Waals surface area (Å²) in [5.74, 6) is -3.00. The van der Waals surface area contributed by atoms with E-state index < -0.39 is 18.2 Å². The fraction of sp³-hybridized carbons (Fsp3) is 0.286. The number of benzene rings is 2. The number of carboxylic acids is 1. The number of aliphatic hydroxyl groups is 1. The summed E-state index contributed by atoms with van der Waals surface area (Å²) >= 11 is 3.36. The Hall–Kier alpha value is -3.12. The van der Waals surface area contributed by atoms with Gasteiger partial charge in [-0.05, 0) is 35.9 Å². The van der Waals surface area contributed by atoms with Crippen molar-refractivity contribution >= 4 is 44.4 Å². The quantitative estimate of drug-likeness (QED) is 0.481. The highest BCUT2D eigenvalue weighted by molar-refractivity contribution is 9.10. The van der Waals surface area contributed by atoms with Crippen molar-refractivity contribution < 1.29 is 33.0 Å². The van der Waals surface area contributed by atoms with Gasteiger partial charge < -0.3 is 20.0 Å². The van der Waals surface area contributed by atoms with Crippen LogP contribution in [-0.4, -0.2) is 69.5 Å². The molecule has 176 valence electrons. The number of aromatic nitrogens is 2. The number of aromatic amines is 1. The normalized spacial score (nSPS) is 15.1. The Labute approximate surface area is 194 Å². The van der Waals surface area contributed by atoms with E-state index >= 15 is 0 Å². The van der Waals surface area contributed by atoms with Crippen LogP contribution in [0.3, 0.4) is 0 Å². The third-order valence-corrected chi connectivity index (χ3v) is 5.57. The van der Waals surface area contributed by atoms with Gasteiger partial charge in [0, 0.05) is 41.7 Å². The van der Waals surface area contributed by atoms with Crippen molar-refractivity contribution in [2.75, 3.05) is 31.1 Å². The Balaban J connectivity index is 0.000000383. The number of piperazine rings is 1. The molecule has 1 atom stereocenters. The van der Waals surface area contributed by atoms with Gasteiger partial charge in [-0.25, -0.2) is 4.79 Å². The molecule has 12 heteroatoms. The molecule has 0 radical (unpaired) electrons. The number of aliphatic hydroxyl groups excluding tert-OH is 1. The van der Waals surface area contributed by atoms with Crippen LogP contribution in [0, 0.1) is 0 Å². The predicted octanol–water partition coefficient (Wildman–Crippen LogP) is 3.34. The number of H-pyrrole nitrogens is 1. The average molecular weight is 529 g/mol. The molecule has 1 aromatic heterocycles. The standard InChI is InChI=1S/C19H19BrN4O2.C2HF3O2/c20-15-3-1-13(2-4-15)18(25)19(26)24-9-7-23(8-10-24)16-5-6-17-14(11-16)12-21-22-17;3-2(4,5)1(6)7/h1-6,11-12,18,25H,7-10H2,(H,21,22);(H,6,7). The first-order valence-corrected chi connectivity index (χ1v) is 10.6. The summed E-state index contributed by atoms with van der Waals surface area (Å²) in [6, 6.07) is 13.4. The zero-order chi connectivity index (χ0) is 24.2. The molecule has 1 saturated heterocycles. The summed E-state index contributed by atoms with van der Waals surface area (Å²) in [6.07, 6.45) is -4.38. The van der Waals surface area contributed by atoms with E-state index in [0.29, 0.717) is 18.7 Å². The van der Waals surface area contributed by atoms with Gasteiger partial charge in [0.2, 0.25) is 0 Å². The summed E-state index contributed by atoms with van der Waals surface area (Å²) in [7, 11) is 0. The number of carboxylic acid groups (broad SMARTS) is 1. The summed E-state index contributed by atoms with van der Waals surface area (Å²) in [6.45, 7) is 2.66. The number of amides is 1. The summed E-state index contributed by atoms with van der Waals surface area (Å²) < 4.78 is 32.7. The lowest BCUT2D eigenvalue weighted by Crippen LogP contribution is -2.50. The molecule has 2 heterocycles. The monoisotopic (exact) mass is 528 g/mol. The van der Waals surface area contributed by atoms with Crippen LogP contribution in [0.5, 0.6) is 0 Å². The molecular weight excluding hydrogens is 509 g/mol. The second-order valence-electron chi connectivity index (χ2n) is 7.21. The lowest BCUT2D eigenvalue weighted by Gasteiger charge is -2.37. The maximum absolute atomic E-state index is 12.6. The van der Waals surface area contributed by atoms with Gasteiger partial charge in [0.15, 0.2) is 6.10 Å². The highest BCUT2D eigenvalue weighted by atomic mass is 79.9. The highest BCUT2D eigenvalue weighted by Gasteiger charge is 2.38. The van der Waals surface area contributed by atoms with Gasteiger partial charge in [0.25, 0.3) is 5.91 Å². The third-order valence-electron chi connectivity index (χ3n) is 5.04. The fourth-order valence-corrected chi connectivity index (χ4v) is 3.54. The summed E-state index contributed by atoms with van der Waals surface area (Å²) in [5.41, 5.74) is 2.76. The van der Waals surface area contributed by atoms with Gasteiger partial charge in [0.05, 0.1) is 11.7 Å². The molecule has 3 aromatic rings. The zero-order valence-corrected chi connectivity index (χ0v) is 18.7. The number of hydrogen-bond acceptors (Lipinski definition) is 5. The zero-order valence-electron chi connectivity index (χ0n) is 17.1. The van der Waals surface area contributed by atoms with E-state index in [1.165, 1.54) is 0 Å². The number of anilines is 1. The molecule has 0 aliphatic carbocycles. The maximum atomic E-state index is 12.6. The number of alkyl halides is 3. The number of carbonyl (C=O) groups is 2. The Morgan fingerprint density at radius 1 is 1.06 bits per heavy atom. The number of fused-ring (bicyclic) bond motifs is 1. The van der Waals surface area contributed by atoms with Gasteiger partial charge in [-0.1, -0.05) is 28.1 Å². The van der Waals surface area contributed by atoms with E-state index in [2.05, 4.69) is 43.2 Å². The smallest absolute Gasteiger partial charge is 0.475 e. The van der Waals surface area contributed by atoms with Crippen LogP contribution in [0.1, 0.15) is 11.7 Å². The number of nitrogens with one attached hydrogen (secondary N) is 1. The van der Waals surface area contributed by atoms with Crippen LogP contribution in [0.4, 0.5) is 18.9 Å². The molecule has 0 saturated carbocycles. The van der Waals surface area contributed by atoms with Crippen molar-refractivity contribution in [1.82, 2.24) is 15.1 Å². The molecule has 1 aliphatic heterocycles. The molecule has 1 unspecified atom stereocenters. The second kappa shape index (κ2) is 10.2. The van der Waals surface area contributed by atoms with Gasteiger partial charge in [0.1, 0.15) is 0 Å². The van der Waals surface area contributed by atoms with E-state index in [1.54, 1.807) is 17.0 Å². The van der Waals surface area contributed by atoms with Crippen LogP contribution < -0.4 is 4.90 Å². The van der Waals surface area contributed by atoms with Gasteiger partial charge in [-0.15, -0.1) is 0 Å². The minimum atomic E-state index is -5.08. The van der Waals surface area contributed by atoms with Crippen molar-refractivity contribution in [3.05, 3.63) is 58.7 Å². The highest BCUT2D eigenvalue weighted by Crippen LogP contribution is 2.24. The van der Waals surface area contributed by atoms with E-state index in [4.69, 9.17) is 9.90 Å². The Kier molecular flexibility index (Phi) is 7.59. The van der Waals surface area contributed by atoms with Crippen molar-refractivity contribution in [3.63, 3.8) is 0 Å². The van der Waals surface area contributed by atoms with Crippen molar-refractivity contribution in [2.45, 2.75) is 12.3 Å². The van der Waals surface area contributed by atoms with Crippen LogP contribution in [0.2, 0.25) is 0 Å². The van der Waals surface area contributed by atoms with E-state index in [9.17, 15) is 23.1 Å². The summed E-state index contributed by atoms with van der Waals surface area (Å²) in [5, 5.41) is 25.6. The van der Waals surface area contributed by atoms with Crippen LogP contribution in [0.25, 0.3) is 10.9 Å². The molecule has 2 aromatic carbocycles. The number of carbonyl (C=O) groups excluding carboxylic acids is 1. The fourth-order valence-electron chi connectivity index (χ4n) is 3.27. The van der Waals surface area contributed by atoms with Gasteiger partial charge in [-0.3, -0.25) is 9.89 Å². The number of rotatable bonds is 3. The Morgan fingerprint density at radius 3 is 2.24 bits per heavy atom. The molecule has 0 spiro atoms. The van der Waals surface area contributed by atoms with E-state index in [-0.39, 0.29) is 5.91 Å². The molecular formula is C21H20BrF3N4O4. The van der Waals surface area contributed by atoms with Crippen LogP contribution in [-0.2, 0) is 9.59 Å². The van der Waals surface area contributed by atoms with Crippen LogP contribution in [0.15, 0.2) is 53.1 Å². The second-order valence-corrected chi connectivity index (χ2v) is 8.13. The summed E-state index contributed by atoms with van der Waals surface area (Å²) in [4.78, 5) is 25.5. The number of nitrogens with zero attached hydrogens (tertiary/aromatic N) is 3. The van der Waals surface area contributed by atoms with E-state index in [0.717, 1.165) is 34.2 Å². The first kappa shape index (κ1) is 24.5. The van der Waals surface area contributed by atoms with Gasteiger partial charge in [-0.2, -0.15) is 18.3 Å². The van der Waals surface area contributed by atoms with E-state index in [1.807, 2.05) is 24.4 Å². The van der Waals surface area contributed by atoms with Crippen molar-refractivity contribution in [3.8, 4) is 0 Å². The Morgan fingerprint density at radius 2 is 1.67 bits per heavy atom. The van der Waals surface area contributed by atoms with Crippen LogP contribution >= 0.6 is 15.9 Å². The molecule has 1 amide bonds. The van der Waals surface area contributed by atoms with Gasteiger partial charge >= 0.3 is 12.1 Å². The molecule has 0 bridgehead atoms. The minimum Gasteiger partial charge on any atom is -0.475 e. The predicted molar refractivity (Wildman–Crippen MR) is 118 cm³/mol. The SMILES string of the molecule is O=C(C(O)c1ccc(Br)cc1)N1CCN(c2ccc3[nH]ncc3c2)CC1.O=C(O)C(F)(F)F. The minimum absolute atomic E-state index is 0.239. The Bertz CT molecular complexity index is 1110. The molecule has 1 aliphatic rings. The number of halogens is 4. The first-order valence-electron chi connectivity index (χ1n) is 9.77. The number of hydrogen-bond donors (Lipinski definition) is 3. The molecule has 3 N–H and O–H groups in total. The topological polar surface area (TPSA) is 110 Å². The lowest BCUT2D eigenvalue weighted by atomic mass is 10.1. The molecule has 8 nitrogen and oxygen atoms in total. The maximum Gasteiger partial charge on any atom is 0.490 e. The molecule has 1 fully saturated rings. The van der Waals surface area contributed by atoms with Crippen molar-refractivity contribution in [2.24, 2.45) is 0 Å². The average Bonchev–Trinajstić information content (AvgIpc) is 3.26. The number of aliphatic carboxylic acids is 1. The van der Waals surface area contributed by atoms with Crippen molar-refractivity contribution in [1.29, 1.82) is 0 Å². The first-order chi connectivity index (χ1) is 15.6. The largest absolute Gasteiger partial charge is 0.490 e. The molecule has 33 heavy (non-hydrogen) atoms. The molecule has 4 rings (SSSR count). The lowest BCUT2D eigenvalue weighted by molar-refractivity contribution is -0.192. The third kappa shape index (κ3) is 6.23.